The highest BCUT2D eigenvalue weighted by Crippen LogP contribution is 2.23. The molecular formula is C20H27FN6. The number of aromatic nitrogens is 3. The van der Waals surface area contributed by atoms with Crippen molar-refractivity contribution in [3.05, 3.63) is 41.7 Å². The van der Waals surface area contributed by atoms with Gasteiger partial charge in [-0.25, -0.2) is 14.4 Å². The number of hydrogen-bond acceptors (Lipinski definition) is 6. The fourth-order valence-electron chi connectivity index (χ4n) is 3.92. The van der Waals surface area contributed by atoms with Gasteiger partial charge in [0.25, 0.3) is 0 Å². The summed E-state index contributed by atoms with van der Waals surface area (Å²) in [5.41, 5.74) is 0.925. The molecule has 2 aromatic rings. The van der Waals surface area contributed by atoms with Crippen molar-refractivity contribution < 1.29 is 4.39 Å². The molecule has 0 bridgehead atoms. The molecule has 2 aliphatic heterocycles. The van der Waals surface area contributed by atoms with Crippen molar-refractivity contribution in [2.24, 2.45) is 0 Å². The average molecular weight is 370 g/mol. The van der Waals surface area contributed by atoms with Gasteiger partial charge in [0.05, 0.1) is 6.20 Å². The highest BCUT2D eigenvalue weighted by atomic mass is 19.1. The van der Waals surface area contributed by atoms with Crippen LogP contribution in [0.25, 0.3) is 0 Å². The van der Waals surface area contributed by atoms with Crippen LogP contribution in [0.2, 0.25) is 0 Å². The Kier molecular flexibility index (Phi) is 5.48. The Hall–Kier alpha value is -2.28. The van der Waals surface area contributed by atoms with Crippen LogP contribution in [0.5, 0.6) is 0 Å². The van der Waals surface area contributed by atoms with Crippen LogP contribution in [0, 0.1) is 12.7 Å². The van der Waals surface area contributed by atoms with Crippen molar-refractivity contribution >= 4 is 11.6 Å². The molecule has 0 atom stereocenters. The van der Waals surface area contributed by atoms with Crippen LogP contribution in [0.3, 0.4) is 0 Å². The molecule has 0 saturated carbocycles. The van der Waals surface area contributed by atoms with E-state index in [2.05, 4.69) is 35.7 Å². The van der Waals surface area contributed by atoms with Gasteiger partial charge in [-0.1, -0.05) is 0 Å². The minimum atomic E-state index is -0.271. The predicted molar refractivity (Wildman–Crippen MR) is 105 cm³/mol. The molecule has 2 fully saturated rings. The lowest BCUT2D eigenvalue weighted by Crippen LogP contribution is -2.46. The molecule has 0 unspecified atom stereocenters. The zero-order valence-electron chi connectivity index (χ0n) is 15.9. The molecule has 7 heteroatoms. The highest BCUT2D eigenvalue weighted by molar-refractivity contribution is 5.51. The number of anilines is 2. The molecule has 0 amide bonds. The maximum absolute atomic E-state index is 13.3. The minimum Gasteiger partial charge on any atom is -0.356 e. The third-order valence-electron chi connectivity index (χ3n) is 5.35. The lowest BCUT2D eigenvalue weighted by molar-refractivity contribution is 0.248. The van der Waals surface area contributed by atoms with Gasteiger partial charge in [0.2, 0.25) is 0 Å². The molecule has 144 valence electrons. The lowest BCUT2D eigenvalue weighted by Gasteiger charge is -2.36. The summed E-state index contributed by atoms with van der Waals surface area (Å²) in [5.74, 6) is 2.65. The normalized spacial score (nSPS) is 18.7. The van der Waals surface area contributed by atoms with Crippen molar-refractivity contribution in [1.29, 1.82) is 0 Å². The second kappa shape index (κ2) is 8.17. The molecule has 0 aliphatic carbocycles. The quantitative estimate of drug-likeness (QED) is 0.825. The topological polar surface area (TPSA) is 48.4 Å². The Morgan fingerprint density at radius 3 is 2.19 bits per heavy atom. The summed E-state index contributed by atoms with van der Waals surface area (Å²) in [5, 5.41) is 0. The Balaban J connectivity index is 1.39. The maximum atomic E-state index is 13.3. The molecule has 0 spiro atoms. The summed E-state index contributed by atoms with van der Waals surface area (Å²) in [7, 11) is 0. The number of pyridine rings is 1. The van der Waals surface area contributed by atoms with Crippen LogP contribution >= 0.6 is 0 Å². The molecule has 0 aromatic carbocycles. The summed E-state index contributed by atoms with van der Waals surface area (Å²) in [6.45, 7) is 8.58. The predicted octanol–water partition coefficient (Wildman–Crippen LogP) is 2.63. The molecular weight excluding hydrogens is 343 g/mol. The minimum absolute atomic E-state index is 0.271. The number of rotatable bonds is 4. The van der Waals surface area contributed by atoms with E-state index in [1.807, 2.05) is 6.92 Å². The zero-order valence-corrected chi connectivity index (χ0v) is 15.9. The second-order valence-electron chi connectivity index (χ2n) is 7.45. The summed E-state index contributed by atoms with van der Waals surface area (Å²) in [6.07, 6.45) is 6.79. The van der Waals surface area contributed by atoms with Gasteiger partial charge in [-0.2, -0.15) is 0 Å². The van der Waals surface area contributed by atoms with Crippen molar-refractivity contribution in [2.45, 2.75) is 32.7 Å². The number of piperazine rings is 1. The monoisotopic (exact) mass is 370 g/mol. The van der Waals surface area contributed by atoms with E-state index < -0.39 is 0 Å². The number of halogens is 1. The third kappa shape index (κ3) is 4.53. The SMILES string of the molecule is Cc1nc(N2CCCCC2)cc(N2CCN(Cc3cncc(F)c3)CC2)n1. The molecule has 2 aliphatic rings. The van der Waals surface area contributed by atoms with E-state index >= 15 is 0 Å². The largest absolute Gasteiger partial charge is 0.356 e. The molecule has 2 aromatic heterocycles. The van der Waals surface area contributed by atoms with Crippen LogP contribution in [-0.2, 0) is 6.54 Å². The van der Waals surface area contributed by atoms with Gasteiger partial charge in [-0.05, 0) is 37.8 Å². The molecule has 4 heterocycles. The van der Waals surface area contributed by atoms with Crippen molar-refractivity contribution in [3.63, 3.8) is 0 Å². The third-order valence-corrected chi connectivity index (χ3v) is 5.35. The first kappa shape index (κ1) is 18.1. The van der Waals surface area contributed by atoms with Crippen molar-refractivity contribution in [3.8, 4) is 0 Å². The highest BCUT2D eigenvalue weighted by Gasteiger charge is 2.21. The van der Waals surface area contributed by atoms with Crippen LogP contribution in [0.15, 0.2) is 24.5 Å². The van der Waals surface area contributed by atoms with Gasteiger partial charge < -0.3 is 9.80 Å². The summed E-state index contributed by atoms with van der Waals surface area (Å²) in [4.78, 5) is 20.4. The zero-order chi connectivity index (χ0) is 18.6. The molecule has 0 N–H and O–H groups in total. The Bertz CT molecular complexity index is 769. The van der Waals surface area contributed by atoms with Gasteiger partial charge in [0.1, 0.15) is 23.3 Å². The van der Waals surface area contributed by atoms with Gasteiger partial charge in [0, 0.05) is 58.1 Å². The fourth-order valence-corrected chi connectivity index (χ4v) is 3.92. The van der Waals surface area contributed by atoms with Gasteiger partial charge >= 0.3 is 0 Å². The van der Waals surface area contributed by atoms with Crippen LogP contribution in [0.4, 0.5) is 16.0 Å². The van der Waals surface area contributed by atoms with E-state index in [1.165, 1.54) is 25.5 Å². The average Bonchev–Trinajstić information content (AvgIpc) is 2.69. The van der Waals surface area contributed by atoms with Gasteiger partial charge in [-0.15, -0.1) is 0 Å². The number of piperidine rings is 1. The van der Waals surface area contributed by atoms with E-state index in [9.17, 15) is 4.39 Å². The Morgan fingerprint density at radius 2 is 1.52 bits per heavy atom. The van der Waals surface area contributed by atoms with E-state index in [0.717, 1.165) is 68.8 Å². The lowest BCUT2D eigenvalue weighted by atomic mass is 10.1. The number of nitrogens with zero attached hydrogens (tertiary/aromatic N) is 6. The summed E-state index contributed by atoms with van der Waals surface area (Å²) in [6, 6.07) is 3.71. The Labute approximate surface area is 160 Å². The first-order chi connectivity index (χ1) is 13.2. The summed E-state index contributed by atoms with van der Waals surface area (Å²) >= 11 is 0. The van der Waals surface area contributed by atoms with Crippen molar-refractivity contribution in [2.75, 3.05) is 49.1 Å². The van der Waals surface area contributed by atoms with E-state index in [4.69, 9.17) is 0 Å². The molecule has 27 heavy (non-hydrogen) atoms. The molecule has 0 radical (unpaired) electrons. The van der Waals surface area contributed by atoms with Gasteiger partial charge in [-0.3, -0.25) is 9.88 Å². The molecule has 6 nitrogen and oxygen atoms in total. The number of aryl methyl sites for hydroxylation is 1. The van der Waals surface area contributed by atoms with E-state index in [0.29, 0.717) is 0 Å². The second-order valence-corrected chi connectivity index (χ2v) is 7.45. The smallest absolute Gasteiger partial charge is 0.141 e. The Morgan fingerprint density at radius 1 is 0.852 bits per heavy atom. The standard InChI is InChI=1S/C20H27FN6/c1-16-23-19(26-5-3-2-4-6-26)12-20(24-16)27-9-7-25(8-10-27)15-17-11-18(21)14-22-13-17/h11-14H,2-10,15H2,1H3. The van der Waals surface area contributed by atoms with Crippen LogP contribution < -0.4 is 9.80 Å². The molecule has 4 rings (SSSR count). The van der Waals surface area contributed by atoms with Gasteiger partial charge in [0.15, 0.2) is 0 Å². The van der Waals surface area contributed by atoms with E-state index in [1.54, 1.807) is 12.3 Å². The maximum Gasteiger partial charge on any atom is 0.141 e. The van der Waals surface area contributed by atoms with E-state index in [-0.39, 0.29) is 5.82 Å². The van der Waals surface area contributed by atoms with Crippen molar-refractivity contribution in [1.82, 2.24) is 19.9 Å². The number of hydrogen-bond donors (Lipinski definition) is 0. The van der Waals surface area contributed by atoms with Crippen LogP contribution in [-0.4, -0.2) is 59.1 Å². The van der Waals surface area contributed by atoms with Crippen LogP contribution in [0.1, 0.15) is 30.7 Å². The fraction of sp³-hybridized carbons (Fsp3) is 0.550. The first-order valence-electron chi connectivity index (χ1n) is 9.85. The summed E-state index contributed by atoms with van der Waals surface area (Å²) < 4.78 is 13.3. The first-order valence-corrected chi connectivity index (χ1v) is 9.85. The molecule has 2 saturated heterocycles.